The van der Waals surface area contributed by atoms with Gasteiger partial charge in [-0.3, -0.25) is 13.9 Å². The van der Waals surface area contributed by atoms with Crippen LogP contribution in [0.3, 0.4) is 0 Å². The first-order valence-corrected chi connectivity index (χ1v) is 14.4. The Labute approximate surface area is 220 Å². The normalized spacial score (nSPS) is 15.1. The van der Waals surface area contributed by atoms with Gasteiger partial charge in [-0.15, -0.1) is 0 Å². The Morgan fingerprint density at radius 1 is 1.09 bits per heavy atom. The van der Waals surface area contributed by atoms with Crippen molar-refractivity contribution in [1.82, 2.24) is 10.2 Å². The molecule has 1 atom stereocenters. The fourth-order valence-corrected chi connectivity index (χ4v) is 5.32. The summed E-state index contributed by atoms with van der Waals surface area (Å²) in [4.78, 5) is 28.0. The molecule has 0 bridgehead atoms. The fraction of sp³-hybridized carbons (Fsp3) is 0.417. The van der Waals surface area contributed by atoms with Gasteiger partial charge in [0, 0.05) is 21.2 Å². The van der Waals surface area contributed by atoms with Crippen LogP contribution in [-0.4, -0.2) is 50.0 Å². The van der Waals surface area contributed by atoms with Crippen LogP contribution in [0, 0.1) is 3.57 Å². The number of rotatable bonds is 9. The van der Waals surface area contributed by atoms with E-state index in [1.165, 1.54) is 4.90 Å². The molecule has 1 saturated carbocycles. The Hall–Kier alpha value is -1.85. The lowest BCUT2D eigenvalue weighted by molar-refractivity contribution is -0.139. The van der Waals surface area contributed by atoms with Gasteiger partial charge in [-0.05, 0) is 84.3 Å². The van der Waals surface area contributed by atoms with Crippen LogP contribution in [0.1, 0.15) is 38.2 Å². The molecule has 10 heteroatoms. The zero-order chi connectivity index (χ0) is 24.9. The lowest BCUT2D eigenvalue weighted by Gasteiger charge is -2.32. The van der Waals surface area contributed by atoms with E-state index in [1.54, 1.807) is 55.5 Å². The van der Waals surface area contributed by atoms with Gasteiger partial charge in [0.15, 0.2) is 0 Å². The average molecular weight is 618 g/mol. The highest BCUT2D eigenvalue weighted by molar-refractivity contribution is 14.1. The second-order valence-corrected chi connectivity index (χ2v) is 12.1. The van der Waals surface area contributed by atoms with Crippen LogP contribution in [-0.2, 0) is 26.2 Å². The van der Waals surface area contributed by atoms with Crippen LogP contribution in [0.25, 0.3) is 0 Å². The zero-order valence-electron chi connectivity index (χ0n) is 19.2. The summed E-state index contributed by atoms with van der Waals surface area (Å²) in [5.74, 6) is -0.706. The van der Waals surface area contributed by atoms with Crippen LogP contribution < -0.4 is 9.62 Å². The molecule has 0 aromatic heterocycles. The summed E-state index contributed by atoms with van der Waals surface area (Å²) in [5.41, 5.74) is 1.18. The quantitative estimate of drug-likeness (QED) is 0.428. The molecule has 2 aromatic rings. The Morgan fingerprint density at radius 2 is 1.68 bits per heavy atom. The molecule has 3 rings (SSSR count). The maximum Gasteiger partial charge on any atom is 0.244 e. The lowest BCUT2D eigenvalue weighted by atomic mass is 10.1. The number of benzene rings is 2. The van der Waals surface area contributed by atoms with Crippen molar-refractivity contribution in [3.8, 4) is 0 Å². The minimum Gasteiger partial charge on any atom is -0.352 e. The second-order valence-electron chi connectivity index (χ2n) is 8.56. The van der Waals surface area contributed by atoms with E-state index in [4.69, 9.17) is 11.6 Å². The number of carbonyl (C=O) groups excluding carboxylic acids is 2. The van der Waals surface area contributed by atoms with Crippen molar-refractivity contribution in [2.24, 2.45) is 0 Å². The van der Waals surface area contributed by atoms with Crippen molar-refractivity contribution in [2.75, 3.05) is 17.1 Å². The van der Waals surface area contributed by atoms with Crippen molar-refractivity contribution < 1.29 is 18.0 Å². The molecule has 1 aliphatic rings. The molecule has 1 fully saturated rings. The van der Waals surface area contributed by atoms with Crippen LogP contribution >= 0.6 is 34.2 Å². The second kappa shape index (κ2) is 11.7. The van der Waals surface area contributed by atoms with Crippen molar-refractivity contribution in [1.29, 1.82) is 0 Å². The SMILES string of the molecule is C[C@@H](C(=O)NC1CCCC1)N(Cc1ccc(Cl)cc1)C(=O)CN(c1ccc(I)cc1)S(C)(=O)=O. The maximum absolute atomic E-state index is 13.5. The average Bonchev–Trinajstić information content (AvgIpc) is 3.29. The molecular formula is C24H29ClIN3O4S. The number of sulfonamides is 1. The standard InChI is InChI=1S/C24H29ClIN3O4S/c1-17(24(31)27-21-5-3-4-6-21)28(15-18-7-9-19(25)10-8-18)23(30)16-29(34(2,32)33)22-13-11-20(26)12-14-22/h7-14,17,21H,3-6,15-16H2,1-2H3,(H,27,31)/t17-/m0/s1. The summed E-state index contributed by atoms with van der Waals surface area (Å²) >= 11 is 8.13. The van der Waals surface area contributed by atoms with Crippen LogP contribution in [0.5, 0.6) is 0 Å². The molecule has 0 spiro atoms. The van der Waals surface area contributed by atoms with Gasteiger partial charge in [0.2, 0.25) is 21.8 Å². The zero-order valence-corrected chi connectivity index (χ0v) is 22.9. The van der Waals surface area contributed by atoms with Gasteiger partial charge >= 0.3 is 0 Å². The summed E-state index contributed by atoms with van der Waals surface area (Å²) in [6.45, 7) is 1.42. The number of halogens is 2. The molecule has 34 heavy (non-hydrogen) atoms. The van der Waals surface area contributed by atoms with Gasteiger partial charge in [0.05, 0.1) is 11.9 Å². The van der Waals surface area contributed by atoms with Gasteiger partial charge in [-0.1, -0.05) is 36.6 Å². The van der Waals surface area contributed by atoms with Crippen LogP contribution in [0.2, 0.25) is 5.02 Å². The smallest absolute Gasteiger partial charge is 0.244 e. The third-order valence-electron chi connectivity index (χ3n) is 5.93. The van der Waals surface area contributed by atoms with Crippen LogP contribution in [0.4, 0.5) is 5.69 Å². The number of anilines is 1. The summed E-state index contributed by atoms with van der Waals surface area (Å²) in [7, 11) is -3.74. The first-order chi connectivity index (χ1) is 16.0. The number of carbonyl (C=O) groups is 2. The number of nitrogens with zero attached hydrogens (tertiary/aromatic N) is 2. The molecule has 1 N–H and O–H groups in total. The number of nitrogens with one attached hydrogen (secondary N) is 1. The highest BCUT2D eigenvalue weighted by Crippen LogP contribution is 2.22. The van der Waals surface area contributed by atoms with Gasteiger partial charge in [-0.25, -0.2) is 8.42 Å². The van der Waals surface area contributed by atoms with Crippen molar-refractivity contribution in [3.63, 3.8) is 0 Å². The third-order valence-corrected chi connectivity index (χ3v) is 8.04. The predicted octanol–water partition coefficient (Wildman–Crippen LogP) is 4.19. The van der Waals surface area contributed by atoms with E-state index in [2.05, 4.69) is 27.9 Å². The summed E-state index contributed by atoms with van der Waals surface area (Å²) in [6, 6.07) is 13.2. The fourth-order valence-electron chi connectivity index (χ4n) is 3.98. The number of hydrogen-bond acceptors (Lipinski definition) is 4. The molecular weight excluding hydrogens is 589 g/mol. The molecule has 7 nitrogen and oxygen atoms in total. The van der Waals surface area contributed by atoms with Crippen LogP contribution in [0.15, 0.2) is 48.5 Å². The molecule has 0 radical (unpaired) electrons. The highest BCUT2D eigenvalue weighted by atomic mass is 127. The van der Waals surface area contributed by atoms with E-state index in [0.29, 0.717) is 10.7 Å². The van der Waals surface area contributed by atoms with Gasteiger partial charge in [0.1, 0.15) is 12.6 Å². The topological polar surface area (TPSA) is 86.8 Å². The van der Waals surface area contributed by atoms with E-state index >= 15 is 0 Å². The van der Waals surface area contributed by atoms with Gasteiger partial charge in [0.25, 0.3) is 0 Å². The van der Waals surface area contributed by atoms with E-state index in [-0.39, 0.29) is 18.5 Å². The molecule has 0 saturated heterocycles. The first kappa shape index (κ1) is 26.7. The molecule has 2 amide bonds. The molecule has 184 valence electrons. The summed E-state index contributed by atoms with van der Waals surface area (Å²) < 4.78 is 27.1. The van der Waals surface area contributed by atoms with Crippen molar-refractivity contribution in [2.45, 2.75) is 51.2 Å². The van der Waals surface area contributed by atoms with Gasteiger partial charge in [-0.2, -0.15) is 0 Å². The molecule has 0 heterocycles. The Bertz CT molecular complexity index is 1100. The maximum atomic E-state index is 13.5. The van der Waals surface area contributed by atoms with Crippen molar-refractivity contribution >= 4 is 61.7 Å². The highest BCUT2D eigenvalue weighted by Gasteiger charge is 2.31. The Morgan fingerprint density at radius 3 is 2.24 bits per heavy atom. The number of amides is 2. The molecule has 0 aliphatic heterocycles. The third kappa shape index (κ3) is 7.32. The van der Waals surface area contributed by atoms with Gasteiger partial charge < -0.3 is 10.2 Å². The predicted molar refractivity (Wildman–Crippen MR) is 143 cm³/mol. The Balaban J connectivity index is 1.86. The van der Waals surface area contributed by atoms with E-state index < -0.39 is 28.5 Å². The number of hydrogen-bond donors (Lipinski definition) is 1. The lowest BCUT2D eigenvalue weighted by Crippen LogP contribution is -2.52. The molecule has 0 unspecified atom stereocenters. The van der Waals surface area contributed by atoms with E-state index in [1.807, 2.05) is 0 Å². The van der Waals surface area contributed by atoms with Crippen molar-refractivity contribution in [3.05, 3.63) is 62.7 Å². The van der Waals surface area contributed by atoms with E-state index in [0.717, 1.165) is 45.4 Å². The van der Waals surface area contributed by atoms with E-state index in [9.17, 15) is 18.0 Å². The molecule has 1 aliphatic carbocycles. The Kier molecular flexibility index (Phi) is 9.22. The summed E-state index contributed by atoms with van der Waals surface area (Å²) in [6.07, 6.45) is 5.08. The largest absolute Gasteiger partial charge is 0.352 e. The monoisotopic (exact) mass is 617 g/mol. The minimum absolute atomic E-state index is 0.113. The minimum atomic E-state index is -3.74. The first-order valence-electron chi connectivity index (χ1n) is 11.1. The molecule has 2 aromatic carbocycles. The summed E-state index contributed by atoms with van der Waals surface area (Å²) in [5, 5.41) is 3.61.